The number of hydrogen-bond acceptors (Lipinski definition) is 2. The summed E-state index contributed by atoms with van der Waals surface area (Å²) < 4.78 is 0.611. The first-order valence-electron chi connectivity index (χ1n) is 7.99. The van der Waals surface area contributed by atoms with Gasteiger partial charge in [-0.1, -0.05) is 7.43 Å². The number of hydrogen-bond donors (Lipinski definition) is 2. The van der Waals surface area contributed by atoms with Crippen LogP contribution in [-0.4, -0.2) is 58.0 Å². The van der Waals surface area contributed by atoms with Crippen molar-refractivity contribution in [2.45, 2.75) is 79.3 Å². The average Bonchev–Trinajstić information content (AvgIpc) is 2.79. The topological polar surface area (TPSA) is 40.5 Å². The summed E-state index contributed by atoms with van der Waals surface area (Å²) in [5.74, 6) is 0. The van der Waals surface area contributed by atoms with Gasteiger partial charge >= 0.3 is 0 Å². The Morgan fingerprint density at radius 3 is 1.05 bits per heavy atom. The molecule has 0 aromatic rings. The molecule has 4 heteroatoms. The van der Waals surface area contributed by atoms with E-state index in [4.69, 9.17) is 0 Å². The van der Waals surface area contributed by atoms with Crippen LogP contribution in [0.15, 0.2) is 0 Å². The SMILES string of the molecule is C.CC(C)[N+]1(O)CCCC1.CC(C)[N+]1(O)CCCCC1. The van der Waals surface area contributed by atoms with Gasteiger partial charge in [0.2, 0.25) is 0 Å². The van der Waals surface area contributed by atoms with Gasteiger partial charge in [0.25, 0.3) is 0 Å². The standard InChI is InChI=1S/C8H18NO.C7H16NO.CH4/c1-8(2)9(10)6-4-3-5-7-9;1-7(2)8(9)5-3-4-6-8;/h8,10H,3-7H2,1-2H3;7,9H,3-6H2,1-2H3;1H4/q2*+1;. The van der Waals surface area contributed by atoms with Gasteiger partial charge < -0.3 is 0 Å². The second kappa shape index (κ2) is 8.32. The van der Waals surface area contributed by atoms with Gasteiger partial charge in [0.15, 0.2) is 0 Å². The minimum absolute atomic E-state index is 0. The molecule has 2 aliphatic heterocycles. The Morgan fingerprint density at radius 1 is 0.600 bits per heavy atom. The fourth-order valence-corrected chi connectivity index (χ4v) is 2.98. The van der Waals surface area contributed by atoms with Gasteiger partial charge in [-0.2, -0.15) is 9.29 Å². The Bertz CT molecular complexity index is 255. The van der Waals surface area contributed by atoms with E-state index < -0.39 is 0 Å². The number of piperidine rings is 1. The molecule has 2 heterocycles. The Hall–Kier alpha value is -0.160. The molecule has 20 heavy (non-hydrogen) atoms. The van der Waals surface area contributed by atoms with Crippen LogP contribution < -0.4 is 0 Å². The molecule has 0 amide bonds. The molecule has 2 fully saturated rings. The third kappa shape index (κ3) is 5.32. The number of nitrogens with zero attached hydrogens (tertiary/aromatic N) is 2. The molecular formula is C16H38N2O2+2. The van der Waals surface area contributed by atoms with Gasteiger partial charge in [0.05, 0.1) is 0 Å². The van der Waals surface area contributed by atoms with E-state index in [2.05, 4.69) is 27.7 Å². The summed E-state index contributed by atoms with van der Waals surface area (Å²) in [6.45, 7) is 12.2. The van der Waals surface area contributed by atoms with Crippen LogP contribution in [0.1, 0.15) is 67.2 Å². The molecule has 2 rings (SSSR count). The van der Waals surface area contributed by atoms with E-state index in [1.807, 2.05) is 0 Å². The van der Waals surface area contributed by atoms with Gasteiger partial charge in [-0.05, 0) is 47.0 Å². The second-order valence-corrected chi connectivity index (χ2v) is 6.82. The zero-order chi connectivity index (χ0) is 14.5. The van der Waals surface area contributed by atoms with E-state index in [1.165, 1.54) is 32.1 Å². The maximum absolute atomic E-state index is 9.89. The van der Waals surface area contributed by atoms with Crippen LogP contribution >= 0.6 is 0 Å². The van der Waals surface area contributed by atoms with Crippen LogP contribution in [-0.2, 0) is 0 Å². The molecule has 0 spiro atoms. The zero-order valence-corrected chi connectivity index (χ0v) is 13.3. The van der Waals surface area contributed by atoms with Crippen LogP contribution in [0.5, 0.6) is 0 Å². The van der Waals surface area contributed by atoms with Crippen molar-refractivity contribution >= 4 is 0 Å². The highest BCUT2D eigenvalue weighted by molar-refractivity contribution is 4.52. The van der Waals surface area contributed by atoms with Crippen molar-refractivity contribution in [3.8, 4) is 0 Å². The molecule has 122 valence electrons. The third-order valence-corrected chi connectivity index (χ3v) is 4.85. The predicted molar refractivity (Wildman–Crippen MR) is 83.6 cm³/mol. The molecular weight excluding hydrogens is 252 g/mol. The van der Waals surface area contributed by atoms with Gasteiger partial charge in [-0.3, -0.25) is 0 Å². The van der Waals surface area contributed by atoms with Crippen molar-refractivity contribution in [1.82, 2.24) is 0 Å². The molecule has 0 aliphatic carbocycles. The minimum Gasteiger partial charge on any atom is -0.217 e. The van der Waals surface area contributed by atoms with Gasteiger partial charge in [0, 0.05) is 12.8 Å². The fraction of sp³-hybridized carbons (Fsp3) is 1.00. The lowest BCUT2D eigenvalue weighted by atomic mass is 10.1. The van der Waals surface area contributed by atoms with Crippen molar-refractivity contribution in [3.05, 3.63) is 0 Å². The Labute approximate surface area is 126 Å². The normalized spacial score (nSPS) is 24.0. The lowest BCUT2D eigenvalue weighted by Gasteiger charge is -2.36. The number of quaternary nitrogens is 2. The van der Waals surface area contributed by atoms with Crippen molar-refractivity contribution in [3.63, 3.8) is 0 Å². The summed E-state index contributed by atoms with van der Waals surface area (Å²) in [5.41, 5.74) is 0. The minimum atomic E-state index is 0. The number of rotatable bonds is 2. The average molecular weight is 290 g/mol. The quantitative estimate of drug-likeness (QED) is 0.759. The lowest BCUT2D eigenvalue weighted by Crippen LogP contribution is -2.53. The number of likely N-dealkylation sites (tertiary alicyclic amines) is 2. The zero-order valence-electron chi connectivity index (χ0n) is 13.3. The highest BCUT2D eigenvalue weighted by Gasteiger charge is 2.33. The smallest absolute Gasteiger partial charge is 0.113 e. The summed E-state index contributed by atoms with van der Waals surface area (Å²) >= 11 is 0. The predicted octanol–water partition coefficient (Wildman–Crippen LogP) is 3.82. The monoisotopic (exact) mass is 290 g/mol. The summed E-state index contributed by atoms with van der Waals surface area (Å²) in [6.07, 6.45) is 6.06. The molecule has 2 saturated heterocycles. The first-order chi connectivity index (χ1) is 8.80. The Balaban J connectivity index is 0.000000345. The maximum Gasteiger partial charge on any atom is 0.113 e. The van der Waals surface area contributed by atoms with Crippen LogP contribution in [0.25, 0.3) is 0 Å². The second-order valence-electron chi connectivity index (χ2n) is 6.82. The lowest BCUT2D eigenvalue weighted by molar-refractivity contribution is -1.12. The number of hydroxylamine groups is 6. The largest absolute Gasteiger partial charge is 0.217 e. The molecule has 0 radical (unpaired) electrons. The van der Waals surface area contributed by atoms with E-state index in [0.29, 0.717) is 21.4 Å². The van der Waals surface area contributed by atoms with Crippen LogP contribution in [0.3, 0.4) is 0 Å². The third-order valence-electron chi connectivity index (χ3n) is 4.85. The maximum atomic E-state index is 9.89. The Kier molecular flexibility index (Phi) is 8.26. The summed E-state index contributed by atoms with van der Waals surface area (Å²) in [7, 11) is 0. The first-order valence-corrected chi connectivity index (χ1v) is 7.99. The molecule has 4 nitrogen and oxygen atoms in total. The molecule has 2 N–H and O–H groups in total. The van der Waals surface area contributed by atoms with Crippen molar-refractivity contribution in [2.75, 3.05) is 26.2 Å². The molecule has 0 atom stereocenters. The van der Waals surface area contributed by atoms with Crippen molar-refractivity contribution < 1.29 is 19.7 Å². The molecule has 0 bridgehead atoms. The van der Waals surface area contributed by atoms with Crippen LogP contribution in [0, 0.1) is 0 Å². The summed E-state index contributed by atoms with van der Waals surface area (Å²) in [4.78, 5) is 0. The van der Waals surface area contributed by atoms with Gasteiger partial charge in [-0.15, -0.1) is 0 Å². The molecule has 2 aliphatic rings. The Morgan fingerprint density at radius 2 is 0.850 bits per heavy atom. The highest BCUT2D eigenvalue weighted by atomic mass is 16.6. The van der Waals surface area contributed by atoms with Crippen LogP contribution in [0.2, 0.25) is 0 Å². The summed E-state index contributed by atoms with van der Waals surface area (Å²) in [6, 6.07) is 0.757. The molecule has 0 unspecified atom stereocenters. The molecule has 0 aromatic heterocycles. The van der Waals surface area contributed by atoms with E-state index in [0.717, 1.165) is 26.2 Å². The van der Waals surface area contributed by atoms with E-state index in [9.17, 15) is 10.4 Å². The fourth-order valence-electron chi connectivity index (χ4n) is 2.98. The van der Waals surface area contributed by atoms with E-state index >= 15 is 0 Å². The first kappa shape index (κ1) is 19.8. The van der Waals surface area contributed by atoms with Crippen molar-refractivity contribution in [1.29, 1.82) is 0 Å². The van der Waals surface area contributed by atoms with Gasteiger partial charge in [0.1, 0.15) is 38.3 Å². The molecule has 0 saturated carbocycles. The van der Waals surface area contributed by atoms with Crippen molar-refractivity contribution in [2.24, 2.45) is 0 Å². The molecule has 0 aromatic carbocycles. The van der Waals surface area contributed by atoms with Gasteiger partial charge in [-0.25, -0.2) is 10.4 Å². The van der Waals surface area contributed by atoms with E-state index in [-0.39, 0.29) is 7.43 Å². The van der Waals surface area contributed by atoms with Crippen LogP contribution in [0.4, 0.5) is 0 Å². The van der Waals surface area contributed by atoms with E-state index in [1.54, 1.807) is 0 Å². The highest BCUT2D eigenvalue weighted by Crippen LogP contribution is 2.19. The summed E-state index contributed by atoms with van der Waals surface area (Å²) in [5, 5.41) is 19.6.